The highest BCUT2D eigenvalue weighted by molar-refractivity contribution is 7.86. The Morgan fingerprint density at radius 1 is 0.360 bits per heavy atom. The van der Waals surface area contributed by atoms with Gasteiger partial charge < -0.3 is 14.0 Å². The predicted molar refractivity (Wildman–Crippen MR) is 208 cm³/mol. The average Bonchev–Trinajstić information content (AvgIpc) is 3.19. The molecule has 0 N–H and O–H groups in total. The summed E-state index contributed by atoms with van der Waals surface area (Å²) in [6, 6.07) is 59.4. The van der Waals surface area contributed by atoms with Crippen molar-refractivity contribution in [2.75, 3.05) is 0 Å². The maximum atomic E-state index is 16.0. The third-order valence-corrected chi connectivity index (χ3v) is 13.1. The van der Waals surface area contributed by atoms with Crippen molar-refractivity contribution in [1.29, 1.82) is 0 Å². The molecule has 0 bridgehead atoms. The summed E-state index contributed by atoms with van der Waals surface area (Å²) in [5, 5.41) is 10.8. The fourth-order valence-corrected chi connectivity index (χ4v) is 10.8. The third-order valence-electron chi connectivity index (χ3n) is 9.95. The van der Waals surface area contributed by atoms with Crippen LogP contribution in [0.1, 0.15) is 0 Å². The molecule has 0 radical (unpaired) electrons. The van der Waals surface area contributed by atoms with Crippen LogP contribution in [0.3, 0.4) is 0 Å². The van der Waals surface area contributed by atoms with E-state index in [1.54, 1.807) is 0 Å². The monoisotopic (exact) mass is 660 g/mol. The van der Waals surface area contributed by atoms with Crippen molar-refractivity contribution in [3.63, 3.8) is 0 Å². The topological polar surface area (TPSA) is 35.5 Å². The molecule has 1 aliphatic heterocycles. The molecule has 0 saturated heterocycles. The zero-order valence-corrected chi connectivity index (χ0v) is 27.8. The van der Waals surface area contributed by atoms with Crippen LogP contribution in [0.2, 0.25) is 0 Å². The van der Waals surface area contributed by atoms with Gasteiger partial charge >= 0.3 is 0 Å². The molecule has 0 amide bonds. The number of hydrogen-bond acceptors (Lipinski definition) is 3. The van der Waals surface area contributed by atoms with E-state index in [2.05, 4.69) is 84.9 Å². The van der Waals surface area contributed by atoms with Crippen LogP contribution < -0.4 is 25.4 Å². The van der Waals surface area contributed by atoms with Crippen LogP contribution in [0.5, 0.6) is 23.0 Å². The largest absolute Gasteiger partial charge is 0.449 e. The SMILES string of the molecule is O=P(c1ccccc1)(c1ccccc1)c1c2ccccc2c(-c2ccc3c(c2)Oc2c(c4ccccc4c4ccccc24)O3)c2ccccc12. The summed E-state index contributed by atoms with van der Waals surface area (Å²) in [6.07, 6.45) is 0. The summed E-state index contributed by atoms with van der Waals surface area (Å²) in [5.74, 6) is 2.79. The van der Waals surface area contributed by atoms with Gasteiger partial charge in [0, 0.05) is 26.7 Å². The molecule has 1 aliphatic rings. The lowest BCUT2D eigenvalue weighted by molar-refractivity contribution is 0.367. The second-order valence-electron chi connectivity index (χ2n) is 12.7. The van der Waals surface area contributed by atoms with Crippen LogP contribution in [0.15, 0.2) is 176 Å². The van der Waals surface area contributed by atoms with E-state index in [-0.39, 0.29) is 0 Å². The molecule has 50 heavy (non-hydrogen) atoms. The second-order valence-corrected chi connectivity index (χ2v) is 15.4. The van der Waals surface area contributed by atoms with E-state index in [0.29, 0.717) is 11.5 Å². The summed E-state index contributed by atoms with van der Waals surface area (Å²) >= 11 is 0. The highest BCUT2D eigenvalue weighted by atomic mass is 31.2. The lowest BCUT2D eigenvalue weighted by Gasteiger charge is -2.26. The van der Waals surface area contributed by atoms with Crippen LogP contribution in [0.25, 0.3) is 54.2 Å². The Labute approximate surface area is 289 Å². The van der Waals surface area contributed by atoms with Gasteiger partial charge in [-0.15, -0.1) is 0 Å². The van der Waals surface area contributed by atoms with Crippen molar-refractivity contribution in [3.8, 4) is 34.1 Å². The first-order valence-corrected chi connectivity index (χ1v) is 18.5. The zero-order chi connectivity index (χ0) is 33.2. The van der Waals surface area contributed by atoms with Crippen LogP contribution in [0.4, 0.5) is 0 Å². The molecule has 0 aromatic heterocycles. The number of rotatable bonds is 4. The van der Waals surface area contributed by atoms with Gasteiger partial charge in [-0.25, -0.2) is 0 Å². The molecule has 0 atom stereocenters. The second kappa shape index (κ2) is 11.2. The Balaban J connectivity index is 1.23. The van der Waals surface area contributed by atoms with E-state index in [1.165, 1.54) is 0 Å². The minimum absolute atomic E-state index is 0.659. The molecular weight excluding hydrogens is 631 g/mol. The van der Waals surface area contributed by atoms with Crippen molar-refractivity contribution in [2.45, 2.75) is 0 Å². The quantitative estimate of drug-likeness (QED) is 0.107. The Morgan fingerprint density at radius 2 is 0.760 bits per heavy atom. The number of ether oxygens (including phenoxy) is 2. The Kier molecular flexibility index (Phi) is 6.46. The minimum atomic E-state index is -3.32. The van der Waals surface area contributed by atoms with E-state index < -0.39 is 7.14 Å². The number of benzene rings is 9. The van der Waals surface area contributed by atoms with Gasteiger partial charge in [0.2, 0.25) is 0 Å². The Hall–Kier alpha value is -6.15. The van der Waals surface area contributed by atoms with Crippen LogP contribution in [-0.2, 0) is 4.57 Å². The lowest BCUT2D eigenvalue weighted by atomic mass is 9.91. The molecule has 3 nitrogen and oxygen atoms in total. The van der Waals surface area contributed by atoms with E-state index in [1.807, 2.05) is 91.0 Å². The predicted octanol–water partition coefficient (Wildman–Crippen LogP) is 11.5. The molecule has 4 heteroatoms. The highest BCUT2D eigenvalue weighted by Crippen LogP contribution is 2.54. The van der Waals surface area contributed by atoms with Crippen LogP contribution in [-0.4, -0.2) is 0 Å². The van der Waals surface area contributed by atoms with Gasteiger partial charge in [-0.1, -0.05) is 164 Å². The molecule has 0 unspecified atom stereocenters. The first-order valence-electron chi connectivity index (χ1n) is 16.8. The maximum Gasteiger partial charge on any atom is 0.178 e. The number of fused-ring (bicyclic) bond motifs is 9. The van der Waals surface area contributed by atoms with Gasteiger partial charge in [-0.05, 0) is 55.6 Å². The normalized spacial score (nSPS) is 12.4. The highest BCUT2D eigenvalue weighted by Gasteiger charge is 2.34. The first-order chi connectivity index (χ1) is 24.7. The third kappa shape index (κ3) is 4.21. The number of hydrogen-bond donors (Lipinski definition) is 0. The molecular formula is C46H29O3P. The van der Waals surface area contributed by atoms with Crippen LogP contribution >= 0.6 is 7.14 Å². The summed E-state index contributed by atoms with van der Waals surface area (Å²) < 4.78 is 29.4. The van der Waals surface area contributed by atoms with Gasteiger partial charge in [0.05, 0.1) is 0 Å². The maximum absolute atomic E-state index is 16.0. The molecule has 0 saturated carbocycles. The summed E-state index contributed by atoms with van der Waals surface area (Å²) in [6.45, 7) is 0. The fraction of sp³-hybridized carbons (Fsp3) is 0. The van der Waals surface area contributed by atoms with Crippen LogP contribution in [0, 0.1) is 0 Å². The molecule has 9 aromatic carbocycles. The molecule has 1 heterocycles. The lowest BCUT2D eigenvalue weighted by Crippen LogP contribution is -2.26. The van der Waals surface area contributed by atoms with Gasteiger partial charge in [0.1, 0.15) is 0 Å². The van der Waals surface area contributed by atoms with E-state index in [0.717, 1.165) is 81.6 Å². The van der Waals surface area contributed by atoms with Crippen molar-refractivity contribution < 1.29 is 14.0 Å². The first kappa shape index (κ1) is 28.8. The van der Waals surface area contributed by atoms with Crippen molar-refractivity contribution in [3.05, 3.63) is 176 Å². The molecule has 0 spiro atoms. The van der Waals surface area contributed by atoms with Gasteiger partial charge in [0.25, 0.3) is 0 Å². The van der Waals surface area contributed by atoms with Gasteiger partial charge in [-0.3, -0.25) is 0 Å². The molecule has 0 aliphatic carbocycles. The van der Waals surface area contributed by atoms with E-state index in [9.17, 15) is 0 Å². The van der Waals surface area contributed by atoms with Crippen molar-refractivity contribution in [2.24, 2.45) is 0 Å². The van der Waals surface area contributed by atoms with Gasteiger partial charge in [0.15, 0.2) is 30.1 Å². The van der Waals surface area contributed by atoms with E-state index in [4.69, 9.17) is 9.47 Å². The fourth-order valence-electron chi connectivity index (χ4n) is 7.77. The average molecular weight is 661 g/mol. The Morgan fingerprint density at radius 3 is 1.26 bits per heavy atom. The molecule has 236 valence electrons. The molecule has 0 fully saturated rings. The van der Waals surface area contributed by atoms with E-state index >= 15 is 4.57 Å². The minimum Gasteiger partial charge on any atom is -0.449 e. The summed E-state index contributed by atoms with van der Waals surface area (Å²) in [5.41, 5.74) is 2.06. The standard InChI is InChI=1S/C46H29O3P/c47-50(31-15-3-1-4-16-31,32-17-5-2-6-18-32)46-39-25-13-9-21-35(39)43(36-22-10-14-26-40(36)46)30-27-28-41-42(29-30)49-45-38-24-12-8-20-34(38)33-19-7-11-23-37(33)44(45)48-41/h1-29H. The van der Waals surface area contributed by atoms with Gasteiger partial charge in [-0.2, -0.15) is 0 Å². The zero-order valence-electron chi connectivity index (χ0n) is 26.9. The molecule has 10 rings (SSSR count). The summed E-state index contributed by atoms with van der Waals surface area (Å²) in [4.78, 5) is 0. The smallest absolute Gasteiger partial charge is 0.178 e. The molecule has 9 aromatic rings. The van der Waals surface area contributed by atoms with Crippen molar-refractivity contribution in [1.82, 2.24) is 0 Å². The van der Waals surface area contributed by atoms with Crippen molar-refractivity contribution >= 4 is 66.1 Å². The Bertz CT molecular complexity index is 2740. The summed E-state index contributed by atoms with van der Waals surface area (Å²) in [7, 11) is -3.32.